The van der Waals surface area contributed by atoms with E-state index in [0.717, 1.165) is 58.7 Å². The summed E-state index contributed by atoms with van der Waals surface area (Å²) in [7, 11) is 0. The first-order chi connectivity index (χ1) is 9.15. The number of nitrogens with one attached hydrogen (secondary N) is 1. The molecule has 0 aromatic heterocycles. The summed E-state index contributed by atoms with van der Waals surface area (Å²) >= 11 is 0. The smallest absolute Gasteiger partial charge is 0.234 e. The second-order valence-electron chi connectivity index (χ2n) is 5.62. The average molecular weight is 270 g/mol. The van der Waals surface area contributed by atoms with Gasteiger partial charge in [0.25, 0.3) is 0 Å². The molecule has 1 amide bonds. The van der Waals surface area contributed by atoms with E-state index in [1.54, 1.807) is 0 Å². The Morgan fingerprint density at radius 1 is 1.26 bits per heavy atom. The third kappa shape index (κ3) is 6.89. The Balaban J connectivity index is 2.14. The molecular formula is C14H30N4O. The highest BCUT2D eigenvalue weighted by atomic mass is 16.2. The number of carbonyl (C=O) groups is 1. The van der Waals surface area contributed by atoms with Crippen molar-refractivity contribution < 1.29 is 4.79 Å². The molecule has 1 rings (SSSR count). The molecule has 1 fully saturated rings. The molecule has 5 nitrogen and oxygen atoms in total. The Kier molecular flexibility index (Phi) is 8.02. The topological polar surface area (TPSA) is 61.6 Å². The van der Waals surface area contributed by atoms with E-state index >= 15 is 0 Å². The number of rotatable bonds is 8. The molecule has 0 aromatic carbocycles. The Hall–Kier alpha value is -0.650. The Labute approximate surface area is 117 Å². The highest BCUT2D eigenvalue weighted by Crippen LogP contribution is 2.04. The second kappa shape index (κ2) is 9.28. The average Bonchev–Trinajstić information content (AvgIpc) is 2.41. The molecule has 5 heteroatoms. The van der Waals surface area contributed by atoms with Gasteiger partial charge >= 0.3 is 0 Å². The van der Waals surface area contributed by atoms with Gasteiger partial charge in [-0.3, -0.25) is 9.69 Å². The number of hydrogen-bond acceptors (Lipinski definition) is 4. The molecule has 112 valence electrons. The molecule has 0 spiro atoms. The van der Waals surface area contributed by atoms with Crippen LogP contribution in [0.2, 0.25) is 0 Å². The van der Waals surface area contributed by atoms with Crippen LogP contribution in [-0.4, -0.2) is 68.1 Å². The van der Waals surface area contributed by atoms with Gasteiger partial charge in [-0.25, -0.2) is 0 Å². The van der Waals surface area contributed by atoms with Crippen molar-refractivity contribution in [1.29, 1.82) is 0 Å². The van der Waals surface area contributed by atoms with Crippen LogP contribution in [0.25, 0.3) is 0 Å². The van der Waals surface area contributed by atoms with E-state index in [-0.39, 0.29) is 5.91 Å². The predicted octanol–water partition coefficient (Wildman–Crippen LogP) is 0.115. The third-order valence-electron chi connectivity index (χ3n) is 3.66. The fraction of sp³-hybridized carbons (Fsp3) is 0.929. The van der Waals surface area contributed by atoms with E-state index in [1.165, 1.54) is 0 Å². The van der Waals surface area contributed by atoms with Crippen molar-refractivity contribution in [3.8, 4) is 0 Å². The van der Waals surface area contributed by atoms with E-state index in [4.69, 9.17) is 5.73 Å². The first-order valence-corrected chi connectivity index (χ1v) is 7.57. The molecule has 1 aliphatic rings. The van der Waals surface area contributed by atoms with Crippen LogP contribution in [0.4, 0.5) is 0 Å². The van der Waals surface area contributed by atoms with Crippen molar-refractivity contribution >= 4 is 5.91 Å². The van der Waals surface area contributed by atoms with Crippen molar-refractivity contribution in [3.05, 3.63) is 0 Å². The zero-order valence-electron chi connectivity index (χ0n) is 12.5. The standard InChI is InChI=1S/C14H30N4O/c1-3-4-5-16-14(19)12-18-8-6-17(7-9-18)11-13(2)10-15/h13H,3-12,15H2,1-2H3,(H,16,19). The van der Waals surface area contributed by atoms with Gasteiger partial charge in [0.2, 0.25) is 5.91 Å². The maximum Gasteiger partial charge on any atom is 0.234 e. The first-order valence-electron chi connectivity index (χ1n) is 7.57. The maximum atomic E-state index is 11.7. The molecule has 1 unspecified atom stereocenters. The molecular weight excluding hydrogens is 240 g/mol. The number of unbranched alkanes of at least 4 members (excludes halogenated alkanes) is 1. The monoisotopic (exact) mass is 270 g/mol. The molecule has 3 N–H and O–H groups in total. The summed E-state index contributed by atoms with van der Waals surface area (Å²) in [4.78, 5) is 16.4. The van der Waals surface area contributed by atoms with Gasteiger partial charge in [-0.2, -0.15) is 0 Å². The number of piperazine rings is 1. The van der Waals surface area contributed by atoms with Gasteiger partial charge in [0.1, 0.15) is 0 Å². The predicted molar refractivity (Wildman–Crippen MR) is 79.0 cm³/mol. The van der Waals surface area contributed by atoms with Crippen LogP contribution in [0.15, 0.2) is 0 Å². The number of amides is 1. The van der Waals surface area contributed by atoms with Crippen molar-refractivity contribution in [3.63, 3.8) is 0 Å². The Morgan fingerprint density at radius 2 is 1.89 bits per heavy atom. The normalized spacial score (nSPS) is 19.3. The number of carbonyl (C=O) groups excluding carboxylic acids is 1. The molecule has 1 heterocycles. The summed E-state index contributed by atoms with van der Waals surface area (Å²) in [6, 6.07) is 0. The quantitative estimate of drug-likeness (QED) is 0.615. The number of nitrogens with zero attached hydrogens (tertiary/aromatic N) is 2. The van der Waals surface area contributed by atoms with Gasteiger partial charge in [0, 0.05) is 39.3 Å². The molecule has 0 radical (unpaired) electrons. The molecule has 0 saturated carbocycles. The summed E-state index contributed by atoms with van der Waals surface area (Å²) in [6.07, 6.45) is 2.19. The van der Waals surface area contributed by atoms with Crippen molar-refractivity contribution in [2.45, 2.75) is 26.7 Å². The van der Waals surface area contributed by atoms with Crippen LogP contribution in [0, 0.1) is 5.92 Å². The zero-order chi connectivity index (χ0) is 14.1. The minimum Gasteiger partial charge on any atom is -0.355 e. The zero-order valence-corrected chi connectivity index (χ0v) is 12.5. The summed E-state index contributed by atoms with van der Waals surface area (Å²) in [5.74, 6) is 0.723. The molecule has 1 aliphatic heterocycles. The Bertz CT molecular complexity index is 252. The van der Waals surface area contributed by atoms with Crippen LogP contribution in [0.1, 0.15) is 26.7 Å². The van der Waals surface area contributed by atoms with Crippen LogP contribution in [0.5, 0.6) is 0 Å². The summed E-state index contributed by atoms with van der Waals surface area (Å²) < 4.78 is 0. The van der Waals surface area contributed by atoms with Gasteiger partial charge in [0.05, 0.1) is 6.54 Å². The van der Waals surface area contributed by atoms with Gasteiger partial charge in [-0.05, 0) is 18.9 Å². The SMILES string of the molecule is CCCCNC(=O)CN1CCN(CC(C)CN)CC1. The highest BCUT2D eigenvalue weighted by molar-refractivity contribution is 5.77. The molecule has 19 heavy (non-hydrogen) atoms. The van der Waals surface area contributed by atoms with Gasteiger partial charge in [-0.15, -0.1) is 0 Å². The first kappa shape index (κ1) is 16.4. The lowest BCUT2D eigenvalue weighted by molar-refractivity contribution is -0.122. The minimum atomic E-state index is 0.164. The van der Waals surface area contributed by atoms with Gasteiger partial charge in [-0.1, -0.05) is 20.3 Å². The second-order valence-corrected chi connectivity index (χ2v) is 5.62. The van der Waals surface area contributed by atoms with Crippen LogP contribution >= 0.6 is 0 Å². The minimum absolute atomic E-state index is 0.164. The van der Waals surface area contributed by atoms with E-state index in [0.29, 0.717) is 12.5 Å². The molecule has 0 bridgehead atoms. The molecule has 1 atom stereocenters. The fourth-order valence-corrected chi connectivity index (χ4v) is 2.31. The van der Waals surface area contributed by atoms with Gasteiger partial charge in [0.15, 0.2) is 0 Å². The summed E-state index contributed by atoms with van der Waals surface area (Å²) in [5.41, 5.74) is 5.65. The van der Waals surface area contributed by atoms with Crippen LogP contribution in [-0.2, 0) is 4.79 Å². The maximum absolute atomic E-state index is 11.7. The molecule has 0 aliphatic carbocycles. The van der Waals surface area contributed by atoms with Crippen LogP contribution < -0.4 is 11.1 Å². The Morgan fingerprint density at radius 3 is 2.47 bits per heavy atom. The largest absolute Gasteiger partial charge is 0.355 e. The lowest BCUT2D eigenvalue weighted by Gasteiger charge is -2.35. The lowest BCUT2D eigenvalue weighted by Crippen LogP contribution is -2.50. The van der Waals surface area contributed by atoms with Crippen LogP contribution in [0.3, 0.4) is 0 Å². The lowest BCUT2D eigenvalue weighted by atomic mass is 10.1. The summed E-state index contributed by atoms with van der Waals surface area (Å²) in [6.45, 7) is 11.6. The third-order valence-corrected chi connectivity index (χ3v) is 3.66. The van der Waals surface area contributed by atoms with Crippen molar-refractivity contribution in [2.75, 3.05) is 52.4 Å². The van der Waals surface area contributed by atoms with Gasteiger partial charge < -0.3 is 16.0 Å². The summed E-state index contributed by atoms with van der Waals surface area (Å²) in [5, 5.41) is 2.97. The number of hydrogen-bond donors (Lipinski definition) is 2. The highest BCUT2D eigenvalue weighted by Gasteiger charge is 2.19. The molecule has 0 aromatic rings. The van der Waals surface area contributed by atoms with E-state index in [9.17, 15) is 4.79 Å². The fourth-order valence-electron chi connectivity index (χ4n) is 2.31. The van der Waals surface area contributed by atoms with Crippen molar-refractivity contribution in [1.82, 2.24) is 15.1 Å². The van der Waals surface area contributed by atoms with Crippen molar-refractivity contribution in [2.24, 2.45) is 11.7 Å². The number of nitrogens with two attached hydrogens (primary N) is 1. The van der Waals surface area contributed by atoms with E-state index < -0.39 is 0 Å². The molecule has 1 saturated heterocycles. The van der Waals surface area contributed by atoms with E-state index in [1.807, 2.05) is 0 Å². The van der Waals surface area contributed by atoms with E-state index in [2.05, 4.69) is 29.0 Å².